The van der Waals surface area contributed by atoms with Crippen LogP contribution in [0.15, 0.2) is 40.8 Å². The Balaban J connectivity index is 0.00000182. The second kappa shape index (κ2) is 7.33. The van der Waals surface area contributed by atoms with E-state index in [1.807, 2.05) is 36.4 Å². The SMILES string of the molecule is COc1cc2c(cc1NC(=O)C1CCCNC1)oc1ccccc12.Cl. The van der Waals surface area contributed by atoms with Crippen LogP contribution in [0.1, 0.15) is 12.8 Å². The normalized spacial score (nSPS) is 17.2. The molecule has 2 heterocycles. The molecule has 0 radical (unpaired) electrons. The zero-order valence-corrected chi connectivity index (χ0v) is 14.8. The maximum absolute atomic E-state index is 12.5. The summed E-state index contributed by atoms with van der Waals surface area (Å²) in [6.45, 7) is 1.71. The number of carbonyl (C=O) groups is 1. The molecular formula is C19H21ClN2O3. The second-order valence-corrected chi connectivity index (χ2v) is 6.18. The van der Waals surface area contributed by atoms with E-state index < -0.39 is 0 Å². The van der Waals surface area contributed by atoms with Gasteiger partial charge in [-0.2, -0.15) is 0 Å². The first-order valence-corrected chi connectivity index (χ1v) is 8.27. The lowest BCUT2D eigenvalue weighted by Gasteiger charge is -2.22. The van der Waals surface area contributed by atoms with Crippen molar-refractivity contribution in [3.63, 3.8) is 0 Å². The molecule has 6 heteroatoms. The number of hydrogen-bond donors (Lipinski definition) is 2. The monoisotopic (exact) mass is 360 g/mol. The van der Waals surface area contributed by atoms with E-state index in [0.29, 0.717) is 11.4 Å². The molecule has 1 amide bonds. The Morgan fingerprint density at radius 1 is 1.24 bits per heavy atom. The van der Waals surface area contributed by atoms with Crippen molar-refractivity contribution < 1.29 is 13.9 Å². The summed E-state index contributed by atoms with van der Waals surface area (Å²) in [4.78, 5) is 12.5. The minimum Gasteiger partial charge on any atom is -0.495 e. The van der Waals surface area contributed by atoms with Crippen LogP contribution >= 0.6 is 12.4 Å². The summed E-state index contributed by atoms with van der Waals surface area (Å²) in [7, 11) is 1.61. The van der Waals surface area contributed by atoms with Gasteiger partial charge in [0.2, 0.25) is 5.91 Å². The van der Waals surface area contributed by atoms with E-state index in [4.69, 9.17) is 9.15 Å². The molecule has 1 fully saturated rings. The van der Waals surface area contributed by atoms with Crippen LogP contribution in [0, 0.1) is 5.92 Å². The summed E-state index contributed by atoms with van der Waals surface area (Å²) in [5.41, 5.74) is 2.23. The summed E-state index contributed by atoms with van der Waals surface area (Å²) in [6.07, 6.45) is 1.94. The molecule has 1 atom stereocenters. The van der Waals surface area contributed by atoms with Gasteiger partial charge in [0, 0.05) is 23.4 Å². The van der Waals surface area contributed by atoms with Gasteiger partial charge in [-0.05, 0) is 31.5 Å². The van der Waals surface area contributed by atoms with Gasteiger partial charge in [0.05, 0.1) is 18.7 Å². The standard InChI is InChI=1S/C19H20N2O3.ClH/c1-23-18-9-14-13-6-2-3-7-16(13)24-17(14)10-15(18)21-19(22)12-5-4-8-20-11-12;/h2-3,6-7,9-10,12,20H,4-5,8,11H2,1H3,(H,21,22);1H. The first kappa shape index (κ1) is 17.6. The molecule has 1 saturated heterocycles. The zero-order valence-electron chi connectivity index (χ0n) is 14.0. The van der Waals surface area contributed by atoms with Gasteiger partial charge in [-0.25, -0.2) is 0 Å². The maximum Gasteiger partial charge on any atom is 0.228 e. The van der Waals surface area contributed by atoms with E-state index in [1.54, 1.807) is 7.11 Å². The molecule has 1 aromatic heterocycles. The van der Waals surface area contributed by atoms with Crippen molar-refractivity contribution in [1.82, 2.24) is 5.32 Å². The van der Waals surface area contributed by atoms with E-state index in [0.717, 1.165) is 47.9 Å². The molecule has 1 unspecified atom stereocenters. The Morgan fingerprint density at radius 2 is 2.08 bits per heavy atom. The number of anilines is 1. The lowest BCUT2D eigenvalue weighted by molar-refractivity contribution is -0.120. The molecule has 0 aliphatic carbocycles. The summed E-state index contributed by atoms with van der Waals surface area (Å²) >= 11 is 0. The number of halogens is 1. The summed E-state index contributed by atoms with van der Waals surface area (Å²) in [5, 5.41) is 8.30. The second-order valence-electron chi connectivity index (χ2n) is 6.18. The number of amides is 1. The number of ether oxygens (including phenoxy) is 1. The van der Waals surface area contributed by atoms with Gasteiger partial charge in [0.25, 0.3) is 0 Å². The van der Waals surface area contributed by atoms with Crippen molar-refractivity contribution in [1.29, 1.82) is 0 Å². The Morgan fingerprint density at radius 3 is 2.84 bits per heavy atom. The van der Waals surface area contributed by atoms with Crippen LogP contribution in [0.4, 0.5) is 5.69 Å². The Labute approximate surface area is 152 Å². The van der Waals surface area contributed by atoms with Crippen molar-refractivity contribution >= 4 is 45.9 Å². The largest absolute Gasteiger partial charge is 0.495 e. The summed E-state index contributed by atoms with van der Waals surface area (Å²) in [5.74, 6) is 0.664. The fourth-order valence-electron chi connectivity index (χ4n) is 3.33. The predicted molar refractivity (Wildman–Crippen MR) is 102 cm³/mol. The highest BCUT2D eigenvalue weighted by molar-refractivity contribution is 6.07. The van der Waals surface area contributed by atoms with Crippen LogP contribution in [0.3, 0.4) is 0 Å². The van der Waals surface area contributed by atoms with Crippen molar-refractivity contribution in [2.75, 3.05) is 25.5 Å². The molecule has 132 valence electrons. The maximum atomic E-state index is 12.5. The van der Waals surface area contributed by atoms with Gasteiger partial charge < -0.3 is 19.8 Å². The molecule has 0 bridgehead atoms. The van der Waals surface area contributed by atoms with Gasteiger partial charge in [-0.1, -0.05) is 18.2 Å². The number of carbonyl (C=O) groups excluding carboxylic acids is 1. The third-order valence-corrected chi connectivity index (χ3v) is 4.62. The average molecular weight is 361 g/mol. The van der Waals surface area contributed by atoms with Gasteiger partial charge in [-0.3, -0.25) is 4.79 Å². The number of fused-ring (bicyclic) bond motifs is 3. The Bertz CT molecular complexity index is 900. The lowest BCUT2D eigenvalue weighted by atomic mass is 9.98. The van der Waals surface area contributed by atoms with Gasteiger partial charge >= 0.3 is 0 Å². The smallest absolute Gasteiger partial charge is 0.228 e. The molecular weight excluding hydrogens is 340 g/mol. The first-order valence-electron chi connectivity index (χ1n) is 8.27. The highest BCUT2D eigenvalue weighted by Gasteiger charge is 2.22. The quantitative estimate of drug-likeness (QED) is 0.742. The molecule has 4 rings (SSSR count). The molecule has 3 aromatic rings. The van der Waals surface area contributed by atoms with E-state index in [-0.39, 0.29) is 24.2 Å². The van der Waals surface area contributed by atoms with Gasteiger partial charge in [0.1, 0.15) is 16.9 Å². The van der Waals surface area contributed by atoms with Gasteiger partial charge in [-0.15, -0.1) is 12.4 Å². The van der Waals surface area contributed by atoms with Crippen LogP contribution in [-0.4, -0.2) is 26.1 Å². The molecule has 0 spiro atoms. The van der Waals surface area contributed by atoms with Crippen molar-refractivity contribution in [3.05, 3.63) is 36.4 Å². The van der Waals surface area contributed by atoms with Crippen molar-refractivity contribution in [2.45, 2.75) is 12.8 Å². The number of methoxy groups -OCH3 is 1. The molecule has 0 saturated carbocycles. The Hall–Kier alpha value is -2.24. The highest BCUT2D eigenvalue weighted by atomic mass is 35.5. The Kier molecular flexibility index (Phi) is 5.16. The van der Waals surface area contributed by atoms with Crippen molar-refractivity contribution in [2.24, 2.45) is 5.92 Å². The number of hydrogen-bond acceptors (Lipinski definition) is 4. The molecule has 2 aromatic carbocycles. The molecule has 1 aliphatic rings. The van der Waals surface area contributed by atoms with E-state index >= 15 is 0 Å². The number of rotatable bonds is 3. The van der Waals surface area contributed by atoms with Crippen LogP contribution in [-0.2, 0) is 4.79 Å². The highest BCUT2D eigenvalue weighted by Crippen LogP contribution is 2.36. The number of benzene rings is 2. The molecule has 1 aliphatic heterocycles. The predicted octanol–water partition coefficient (Wildman–Crippen LogP) is 3.95. The first-order chi connectivity index (χ1) is 11.8. The van der Waals surface area contributed by atoms with E-state index in [2.05, 4.69) is 10.6 Å². The fraction of sp³-hybridized carbons (Fsp3) is 0.316. The van der Waals surface area contributed by atoms with Crippen LogP contribution in [0.25, 0.3) is 21.9 Å². The molecule has 5 nitrogen and oxygen atoms in total. The average Bonchev–Trinajstić information content (AvgIpc) is 2.99. The van der Waals surface area contributed by atoms with Gasteiger partial charge in [0.15, 0.2) is 0 Å². The van der Waals surface area contributed by atoms with Crippen LogP contribution < -0.4 is 15.4 Å². The molecule has 2 N–H and O–H groups in total. The van der Waals surface area contributed by atoms with Crippen molar-refractivity contribution in [3.8, 4) is 5.75 Å². The van der Waals surface area contributed by atoms with E-state index in [1.165, 1.54) is 0 Å². The zero-order chi connectivity index (χ0) is 16.5. The minimum atomic E-state index is -0.00479. The van der Waals surface area contributed by atoms with Crippen LogP contribution in [0.5, 0.6) is 5.75 Å². The van der Waals surface area contributed by atoms with E-state index in [9.17, 15) is 4.79 Å². The number of nitrogens with one attached hydrogen (secondary N) is 2. The molecule has 25 heavy (non-hydrogen) atoms. The summed E-state index contributed by atoms with van der Waals surface area (Å²) < 4.78 is 11.4. The third-order valence-electron chi connectivity index (χ3n) is 4.62. The number of para-hydroxylation sites is 1. The summed E-state index contributed by atoms with van der Waals surface area (Å²) in [6, 6.07) is 11.7. The minimum absolute atomic E-state index is 0. The number of furan rings is 1. The number of piperidine rings is 1. The van der Waals surface area contributed by atoms with Crippen LogP contribution in [0.2, 0.25) is 0 Å². The topological polar surface area (TPSA) is 63.5 Å². The lowest BCUT2D eigenvalue weighted by Crippen LogP contribution is -2.37. The third kappa shape index (κ3) is 3.30. The fourth-order valence-corrected chi connectivity index (χ4v) is 3.33.